The van der Waals surface area contributed by atoms with Crippen LogP contribution in [-0.2, 0) is 5.41 Å². The van der Waals surface area contributed by atoms with Crippen LogP contribution in [0.1, 0.15) is 25.0 Å². The van der Waals surface area contributed by atoms with Gasteiger partial charge in [0.25, 0.3) is 0 Å². The zero-order valence-corrected chi connectivity index (χ0v) is 19.3. The lowest BCUT2D eigenvalue weighted by atomic mass is 9.73. The topological polar surface area (TPSA) is 41.9 Å². The lowest BCUT2D eigenvalue weighted by Gasteiger charge is -2.41. The van der Waals surface area contributed by atoms with Gasteiger partial charge in [-0.25, -0.2) is 9.97 Å². The molecule has 3 aromatic carbocycles. The molecule has 0 amide bonds. The second kappa shape index (κ2) is 7.42. The summed E-state index contributed by atoms with van der Waals surface area (Å²) in [6.07, 6.45) is 5.25. The number of rotatable bonds is 2. The van der Waals surface area contributed by atoms with Crippen molar-refractivity contribution in [1.82, 2.24) is 15.0 Å². The number of hydrogen-bond acceptors (Lipinski definition) is 5. The minimum absolute atomic E-state index is 0.155. The summed E-state index contributed by atoms with van der Waals surface area (Å²) in [4.78, 5) is 17.0. The molecule has 160 valence electrons. The number of para-hydroxylation sites is 2. The monoisotopic (exact) mass is 446 g/mol. The Morgan fingerprint density at radius 2 is 1.67 bits per heavy atom. The average Bonchev–Trinajstić information content (AvgIpc) is 2.85. The first-order valence-electron chi connectivity index (χ1n) is 10.9. The first kappa shape index (κ1) is 19.9. The molecular formula is C28H22N4S. The third-order valence-electron chi connectivity index (χ3n) is 6.50. The highest BCUT2D eigenvalue weighted by Gasteiger charge is 2.37. The van der Waals surface area contributed by atoms with Crippen molar-refractivity contribution in [3.63, 3.8) is 0 Å². The first-order valence-corrected chi connectivity index (χ1v) is 11.4. The maximum Gasteiger partial charge on any atom is 0.156 e. The molecule has 3 heterocycles. The summed E-state index contributed by atoms with van der Waals surface area (Å²) in [7, 11) is 0. The van der Waals surface area contributed by atoms with Crippen LogP contribution in [0.4, 0.5) is 17.2 Å². The van der Waals surface area contributed by atoms with E-state index in [1.54, 1.807) is 12.4 Å². The molecule has 0 N–H and O–H groups in total. The molecule has 0 spiro atoms. The Morgan fingerprint density at radius 3 is 2.52 bits per heavy atom. The van der Waals surface area contributed by atoms with Gasteiger partial charge in [0.1, 0.15) is 0 Å². The van der Waals surface area contributed by atoms with Crippen molar-refractivity contribution < 1.29 is 0 Å². The number of pyridine rings is 1. The molecule has 4 nitrogen and oxygen atoms in total. The number of anilines is 3. The van der Waals surface area contributed by atoms with Gasteiger partial charge in [0.05, 0.1) is 28.8 Å². The summed E-state index contributed by atoms with van der Waals surface area (Å²) >= 11 is 4.62. The van der Waals surface area contributed by atoms with Crippen LogP contribution in [0.3, 0.4) is 0 Å². The molecule has 5 heteroatoms. The second-order valence-corrected chi connectivity index (χ2v) is 9.30. The maximum atomic E-state index is 4.95. The zero-order chi connectivity index (χ0) is 22.6. The lowest BCUT2D eigenvalue weighted by molar-refractivity contribution is 0.631. The lowest BCUT2D eigenvalue weighted by Crippen LogP contribution is -2.31. The average molecular weight is 447 g/mol. The molecule has 1 aliphatic rings. The van der Waals surface area contributed by atoms with Crippen molar-refractivity contribution in [1.29, 1.82) is 0 Å². The smallest absolute Gasteiger partial charge is 0.156 e. The minimum atomic E-state index is -0.155. The summed E-state index contributed by atoms with van der Waals surface area (Å²) in [6.45, 7) is 4.56. The van der Waals surface area contributed by atoms with E-state index in [4.69, 9.17) is 4.98 Å². The van der Waals surface area contributed by atoms with Gasteiger partial charge in [-0.15, -0.1) is 12.6 Å². The van der Waals surface area contributed by atoms with Crippen LogP contribution in [0.15, 0.2) is 96.3 Å². The van der Waals surface area contributed by atoms with Gasteiger partial charge in [-0.3, -0.25) is 9.88 Å². The van der Waals surface area contributed by atoms with E-state index in [1.807, 2.05) is 18.3 Å². The van der Waals surface area contributed by atoms with Gasteiger partial charge < -0.3 is 0 Å². The Hall–Kier alpha value is -3.70. The van der Waals surface area contributed by atoms with Crippen LogP contribution in [0, 0.1) is 0 Å². The van der Waals surface area contributed by atoms with E-state index < -0.39 is 0 Å². The van der Waals surface area contributed by atoms with Crippen molar-refractivity contribution in [2.24, 2.45) is 0 Å². The number of fused-ring (bicyclic) bond motifs is 3. The molecule has 5 aromatic rings. The normalized spacial score (nSPS) is 14.1. The molecule has 33 heavy (non-hydrogen) atoms. The van der Waals surface area contributed by atoms with Crippen LogP contribution in [0.5, 0.6) is 0 Å². The molecule has 0 bridgehead atoms. The molecule has 0 saturated heterocycles. The SMILES string of the molecule is CC1(C)c2ccccc2N(c2cnccn2)c2cc(-c3ccc4cccc(S)c4n3)ccc21. The highest BCUT2D eigenvalue weighted by Crippen LogP contribution is 2.51. The number of aromatic nitrogens is 3. The van der Waals surface area contributed by atoms with E-state index in [-0.39, 0.29) is 5.41 Å². The van der Waals surface area contributed by atoms with E-state index in [0.717, 1.165) is 44.2 Å². The van der Waals surface area contributed by atoms with E-state index >= 15 is 0 Å². The molecule has 1 aliphatic heterocycles. The molecular weight excluding hydrogens is 424 g/mol. The first-order chi connectivity index (χ1) is 16.0. The summed E-state index contributed by atoms with van der Waals surface area (Å²) in [5.74, 6) is 0.794. The summed E-state index contributed by atoms with van der Waals surface area (Å²) < 4.78 is 0. The van der Waals surface area contributed by atoms with Gasteiger partial charge in [0, 0.05) is 33.7 Å². The summed E-state index contributed by atoms with van der Waals surface area (Å²) in [5.41, 5.74) is 7.45. The molecule has 2 aromatic heterocycles. The summed E-state index contributed by atoms with van der Waals surface area (Å²) in [6, 6.07) is 25.4. The van der Waals surface area contributed by atoms with E-state index in [1.165, 1.54) is 11.1 Å². The molecule has 6 rings (SSSR count). The van der Waals surface area contributed by atoms with Crippen molar-refractivity contribution in [2.45, 2.75) is 24.2 Å². The Morgan fingerprint density at radius 1 is 0.818 bits per heavy atom. The number of hydrogen-bond donors (Lipinski definition) is 1. The third-order valence-corrected chi connectivity index (χ3v) is 6.86. The second-order valence-electron chi connectivity index (χ2n) is 8.82. The molecule has 0 radical (unpaired) electrons. The predicted molar refractivity (Wildman–Crippen MR) is 137 cm³/mol. The van der Waals surface area contributed by atoms with Gasteiger partial charge in [0.15, 0.2) is 5.82 Å². The Kier molecular flexibility index (Phi) is 4.49. The van der Waals surface area contributed by atoms with Gasteiger partial charge >= 0.3 is 0 Å². The number of benzene rings is 3. The number of thiol groups is 1. The standard InChI is InChI=1S/C28H22N4S/c1-28(2)20-7-3-4-8-23(20)32(26-17-29-14-15-30-26)24-16-19(10-12-21(24)28)22-13-11-18-6-5-9-25(33)27(18)31-22/h3-17,33H,1-2H3. The van der Waals surface area contributed by atoms with Crippen molar-refractivity contribution in [2.75, 3.05) is 4.90 Å². The third kappa shape index (κ3) is 3.11. The molecule has 0 aliphatic carbocycles. The molecule has 0 saturated carbocycles. The van der Waals surface area contributed by atoms with Gasteiger partial charge in [-0.05, 0) is 35.4 Å². The van der Waals surface area contributed by atoms with Gasteiger partial charge in [-0.1, -0.05) is 62.4 Å². The molecule has 0 unspecified atom stereocenters. The van der Waals surface area contributed by atoms with Crippen LogP contribution in [0.25, 0.3) is 22.2 Å². The van der Waals surface area contributed by atoms with E-state index in [9.17, 15) is 0 Å². The van der Waals surface area contributed by atoms with E-state index in [0.29, 0.717) is 0 Å². The molecule has 0 atom stereocenters. The fourth-order valence-corrected chi connectivity index (χ4v) is 5.09. The van der Waals surface area contributed by atoms with Crippen LogP contribution >= 0.6 is 12.6 Å². The van der Waals surface area contributed by atoms with E-state index in [2.05, 4.69) is 102 Å². The molecule has 0 fully saturated rings. The Bertz CT molecular complexity index is 1510. The quantitative estimate of drug-likeness (QED) is 0.294. The van der Waals surface area contributed by atoms with Gasteiger partial charge in [-0.2, -0.15) is 0 Å². The summed E-state index contributed by atoms with van der Waals surface area (Å²) in [5, 5.41) is 1.08. The fourth-order valence-electron chi connectivity index (χ4n) is 4.82. The largest absolute Gasteiger partial charge is 0.293 e. The Balaban J connectivity index is 1.59. The van der Waals surface area contributed by atoms with Crippen molar-refractivity contribution >= 4 is 40.7 Å². The minimum Gasteiger partial charge on any atom is -0.293 e. The number of nitrogens with zero attached hydrogens (tertiary/aromatic N) is 4. The predicted octanol–water partition coefficient (Wildman–Crippen LogP) is 7.09. The maximum absolute atomic E-state index is 4.95. The fraction of sp³-hybridized carbons (Fsp3) is 0.107. The van der Waals surface area contributed by atoms with Gasteiger partial charge in [0.2, 0.25) is 0 Å². The highest BCUT2D eigenvalue weighted by atomic mass is 32.1. The highest BCUT2D eigenvalue weighted by molar-refractivity contribution is 7.80. The Labute approximate surface area is 198 Å². The van der Waals surface area contributed by atoms with Crippen LogP contribution in [0.2, 0.25) is 0 Å². The van der Waals surface area contributed by atoms with Crippen molar-refractivity contribution in [3.8, 4) is 11.3 Å². The van der Waals surface area contributed by atoms with Crippen molar-refractivity contribution in [3.05, 3.63) is 103 Å². The van der Waals surface area contributed by atoms with Crippen LogP contribution < -0.4 is 4.90 Å². The zero-order valence-electron chi connectivity index (χ0n) is 18.4. The van der Waals surface area contributed by atoms with Crippen LogP contribution in [-0.4, -0.2) is 15.0 Å².